The van der Waals surface area contributed by atoms with Crippen molar-refractivity contribution in [2.45, 2.75) is 0 Å². The van der Waals surface area contributed by atoms with Gasteiger partial charge in [-0.3, -0.25) is 0 Å². The first kappa shape index (κ1) is 19.7. The van der Waals surface area contributed by atoms with E-state index in [1.807, 2.05) is 22.7 Å². The van der Waals surface area contributed by atoms with Crippen LogP contribution in [-0.4, -0.2) is 0 Å². The van der Waals surface area contributed by atoms with Crippen LogP contribution in [0.4, 0.5) is 0 Å². The lowest BCUT2D eigenvalue weighted by Gasteiger charge is -2.10. The van der Waals surface area contributed by atoms with E-state index >= 15 is 0 Å². The number of rotatable bonds is 3. The SMILES string of the molecule is c1ccc(-c2cc3c(cc2-c2sc(-c4ccccc4)c4ccccc24)sc2ccccc23)cc1. The van der Waals surface area contributed by atoms with Crippen molar-refractivity contribution in [2.75, 3.05) is 0 Å². The van der Waals surface area contributed by atoms with Crippen LogP contribution in [0.3, 0.4) is 0 Å². The van der Waals surface area contributed by atoms with Crippen molar-refractivity contribution >= 4 is 53.6 Å². The molecule has 5 aromatic carbocycles. The Bertz CT molecular complexity index is 1790. The van der Waals surface area contributed by atoms with Gasteiger partial charge in [0.2, 0.25) is 0 Å². The van der Waals surface area contributed by atoms with Gasteiger partial charge in [0.05, 0.1) is 0 Å². The Morgan fingerprint density at radius 2 is 0.941 bits per heavy atom. The van der Waals surface area contributed by atoms with E-state index < -0.39 is 0 Å². The Balaban J connectivity index is 1.58. The highest BCUT2D eigenvalue weighted by atomic mass is 32.1. The van der Waals surface area contributed by atoms with Crippen molar-refractivity contribution in [3.63, 3.8) is 0 Å². The number of hydrogen-bond acceptors (Lipinski definition) is 2. The molecule has 0 unspecified atom stereocenters. The number of fused-ring (bicyclic) bond motifs is 4. The summed E-state index contributed by atoms with van der Waals surface area (Å²) in [7, 11) is 0. The predicted octanol–water partition coefficient (Wildman–Crippen LogP) is 10.3. The van der Waals surface area contributed by atoms with Crippen molar-refractivity contribution in [3.8, 4) is 32.0 Å². The van der Waals surface area contributed by atoms with Crippen LogP contribution in [0.5, 0.6) is 0 Å². The molecule has 0 saturated carbocycles. The van der Waals surface area contributed by atoms with Crippen molar-refractivity contribution < 1.29 is 0 Å². The predicted molar refractivity (Wildman–Crippen MR) is 151 cm³/mol. The second-order valence-electron chi connectivity index (χ2n) is 8.53. The van der Waals surface area contributed by atoms with Crippen LogP contribution < -0.4 is 0 Å². The van der Waals surface area contributed by atoms with E-state index in [2.05, 4.69) is 121 Å². The molecule has 2 heterocycles. The average molecular weight is 469 g/mol. The normalized spacial score (nSPS) is 11.5. The molecule has 160 valence electrons. The third-order valence-electron chi connectivity index (χ3n) is 6.50. The summed E-state index contributed by atoms with van der Waals surface area (Å²) in [6, 6.07) is 44.0. The molecule has 0 N–H and O–H groups in total. The standard InChI is InChI=1S/C32H20S2/c1-3-11-21(12-4-1)26-19-27-23-15-9-10-18-29(23)33-30(27)20-28(26)32-25-17-8-7-16-24(25)31(34-32)22-13-5-2-6-14-22/h1-20H. The molecule has 0 nitrogen and oxygen atoms in total. The maximum absolute atomic E-state index is 2.43. The van der Waals surface area contributed by atoms with E-state index in [0.717, 1.165) is 0 Å². The third kappa shape index (κ3) is 3.11. The number of benzene rings is 5. The fourth-order valence-corrected chi connectivity index (χ4v) is 7.35. The fraction of sp³-hybridized carbons (Fsp3) is 0. The summed E-state index contributed by atoms with van der Waals surface area (Å²) in [5, 5.41) is 5.33. The lowest BCUT2D eigenvalue weighted by molar-refractivity contribution is 1.65. The summed E-state index contributed by atoms with van der Waals surface area (Å²) in [6.45, 7) is 0. The van der Waals surface area contributed by atoms with Crippen LogP contribution in [-0.2, 0) is 0 Å². The highest BCUT2D eigenvalue weighted by Gasteiger charge is 2.19. The Labute approximate surface area is 206 Å². The molecule has 0 aliphatic carbocycles. The van der Waals surface area contributed by atoms with E-state index in [4.69, 9.17) is 0 Å². The lowest BCUT2D eigenvalue weighted by atomic mass is 9.94. The van der Waals surface area contributed by atoms with Crippen LogP contribution >= 0.6 is 22.7 Å². The van der Waals surface area contributed by atoms with Gasteiger partial charge in [0.1, 0.15) is 0 Å². The summed E-state index contributed by atoms with van der Waals surface area (Å²) in [5.74, 6) is 0. The zero-order valence-electron chi connectivity index (χ0n) is 18.4. The van der Waals surface area contributed by atoms with Crippen LogP contribution in [0.1, 0.15) is 0 Å². The van der Waals surface area contributed by atoms with Crippen molar-refractivity contribution in [1.82, 2.24) is 0 Å². The molecule has 0 saturated heterocycles. The number of hydrogen-bond donors (Lipinski definition) is 0. The summed E-state index contributed by atoms with van der Waals surface area (Å²) < 4.78 is 2.68. The minimum absolute atomic E-state index is 1.26. The largest absolute Gasteiger partial charge is 0.135 e. The van der Waals surface area contributed by atoms with Crippen molar-refractivity contribution in [3.05, 3.63) is 121 Å². The van der Waals surface area contributed by atoms with Gasteiger partial charge in [-0.05, 0) is 34.9 Å². The van der Waals surface area contributed by atoms with Gasteiger partial charge in [-0.15, -0.1) is 22.7 Å². The van der Waals surface area contributed by atoms with E-state index in [-0.39, 0.29) is 0 Å². The highest BCUT2D eigenvalue weighted by molar-refractivity contribution is 7.26. The van der Waals surface area contributed by atoms with E-state index in [0.29, 0.717) is 0 Å². The van der Waals surface area contributed by atoms with Crippen molar-refractivity contribution in [2.24, 2.45) is 0 Å². The van der Waals surface area contributed by atoms with Gasteiger partial charge in [0.25, 0.3) is 0 Å². The van der Waals surface area contributed by atoms with Gasteiger partial charge in [-0.1, -0.05) is 103 Å². The number of thiophene rings is 2. The van der Waals surface area contributed by atoms with Gasteiger partial charge in [-0.25, -0.2) is 0 Å². The maximum atomic E-state index is 2.43. The van der Waals surface area contributed by atoms with Gasteiger partial charge in [0, 0.05) is 46.3 Å². The highest BCUT2D eigenvalue weighted by Crippen LogP contribution is 2.49. The van der Waals surface area contributed by atoms with Crippen LogP contribution in [0, 0.1) is 0 Å². The average Bonchev–Trinajstić information content (AvgIpc) is 3.47. The molecule has 0 fully saturated rings. The molecule has 7 aromatic rings. The van der Waals surface area contributed by atoms with Crippen LogP contribution in [0.2, 0.25) is 0 Å². The molecule has 0 bridgehead atoms. The van der Waals surface area contributed by atoms with Gasteiger partial charge in [0.15, 0.2) is 0 Å². The molecule has 0 radical (unpaired) electrons. The maximum Gasteiger partial charge on any atom is 0.0434 e. The Morgan fingerprint density at radius 1 is 0.353 bits per heavy atom. The lowest BCUT2D eigenvalue weighted by Crippen LogP contribution is -1.84. The molecule has 0 amide bonds. The molecule has 2 heteroatoms. The topological polar surface area (TPSA) is 0 Å². The van der Waals surface area contributed by atoms with E-state index in [1.165, 1.54) is 63.0 Å². The monoisotopic (exact) mass is 468 g/mol. The first-order chi connectivity index (χ1) is 16.9. The van der Waals surface area contributed by atoms with E-state index in [9.17, 15) is 0 Å². The molecular formula is C32H20S2. The first-order valence-electron chi connectivity index (χ1n) is 11.4. The summed E-state index contributed by atoms with van der Waals surface area (Å²) in [5.41, 5.74) is 5.14. The molecule has 2 aromatic heterocycles. The zero-order chi connectivity index (χ0) is 22.5. The molecule has 0 aliphatic heterocycles. The summed E-state index contributed by atoms with van der Waals surface area (Å²) in [4.78, 5) is 2.68. The quantitative estimate of drug-likeness (QED) is 0.242. The molecule has 0 aliphatic rings. The smallest absolute Gasteiger partial charge is 0.0434 e. The zero-order valence-corrected chi connectivity index (χ0v) is 20.0. The second kappa shape index (κ2) is 7.95. The Kier molecular flexibility index (Phi) is 4.61. The van der Waals surface area contributed by atoms with E-state index in [1.54, 1.807) is 0 Å². The Hall–Kier alpha value is -3.72. The van der Waals surface area contributed by atoms with Crippen LogP contribution in [0.15, 0.2) is 121 Å². The minimum atomic E-state index is 1.26. The first-order valence-corrected chi connectivity index (χ1v) is 13.1. The van der Waals surface area contributed by atoms with Gasteiger partial charge in [-0.2, -0.15) is 0 Å². The fourth-order valence-electron chi connectivity index (χ4n) is 4.91. The minimum Gasteiger partial charge on any atom is -0.135 e. The summed E-state index contributed by atoms with van der Waals surface area (Å²) in [6.07, 6.45) is 0. The Morgan fingerprint density at radius 3 is 1.68 bits per heavy atom. The van der Waals surface area contributed by atoms with Gasteiger partial charge < -0.3 is 0 Å². The summed E-state index contributed by atoms with van der Waals surface area (Å²) >= 11 is 3.80. The second-order valence-corrected chi connectivity index (χ2v) is 10.6. The molecular weight excluding hydrogens is 448 g/mol. The molecule has 34 heavy (non-hydrogen) atoms. The molecule has 0 atom stereocenters. The molecule has 0 spiro atoms. The third-order valence-corrected chi connectivity index (χ3v) is 8.94. The van der Waals surface area contributed by atoms with Crippen molar-refractivity contribution in [1.29, 1.82) is 0 Å². The molecule has 7 rings (SSSR count). The van der Waals surface area contributed by atoms with Crippen LogP contribution in [0.25, 0.3) is 63.0 Å². The van der Waals surface area contributed by atoms with Gasteiger partial charge >= 0.3 is 0 Å².